The lowest BCUT2D eigenvalue weighted by molar-refractivity contribution is -0.0392. The second-order valence-corrected chi connectivity index (χ2v) is 12.9. The molecule has 0 bridgehead atoms. The molecule has 32 heavy (non-hydrogen) atoms. The van der Waals surface area contributed by atoms with Gasteiger partial charge in [-0.15, -0.1) is 0 Å². The molecule has 8 heteroatoms. The predicted octanol–water partition coefficient (Wildman–Crippen LogP) is 3.78. The van der Waals surface area contributed by atoms with Crippen LogP contribution in [0.3, 0.4) is 0 Å². The van der Waals surface area contributed by atoms with Crippen LogP contribution in [0.25, 0.3) is 0 Å². The lowest BCUT2D eigenvalue weighted by atomic mass is 9.85. The molecule has 1 unspecified atom stereocenters. The van der Waals surface area contributed by atoms with Crippen LogP contribution in [0, 0.1) is 5.92 Å². The molecule has 0 amide bonds. The summed E-state index contributed by atoms with van der Waals surface area (Å²) in [5.41, 5.74) is -0.0463. The number of aliphatic hydroxyl groups is 2. The third-order valence-electron chi connectivity index (χ3n) is 7.71. The van der Waals surface area contributed by atoms with Crippen LogP contribution in [0.5, 0.6) is 0 Å². The van der Waals surface area contributed by atoms with E-state index in [4.69, 9.17) is 9.47 Å². The maximum Gasteiger partial charge on any atom is 0.228 e. The molecule has 0 aromatic carbocycles. The Labute approximate surface area is 194 Å². The average molecular weight is 476 g/mol. The van der Waals surface area contributed by atoms with Crippen LogP contribution in [0.1, 0.15) is 89.9 Å². The van der Waals surface area contributed by atoms with Crippen molar-refractivity contribution in [1.29, 1.82) is 0 Å². The largest absolute Gasteiger partial charge is 0.393 e. The van der Waals surface area contributed by atoms with E-state index in [9.17, 15) is 19.7 Å². The highest BCUT2D eigenvalue weighted by Gasteiger charge is 2.33. The van der Waals surface area contributed by atoms with Crippen molar-refractivity contribution < 1.29 is 29.1 Å². The van der Waals surface area contributed by atoms with E-state index in [2.05, 4.69) is 5.32 Å². The zero-order valence-corrected chi connectivity index (χ0v) is 20.6. The van der Waals surface area contributed by atoms with E-state index in [0.29, 0.717) is 19.1 Å². The summed E-state index contributed by atoms with van der Waals surface area (Å²) in [5.74, 6) is 0.656. The van der Waals surface area contributed by atoms with Crippen molar-refractivity contribution in [3.63, 3.8) is 0 Å². The number of hydrogen-bond acceptors (Lipinski definition) is 6. The molecule has 3 aliphatic rings. The van der Waals surface area contributed by atoms with E-state index in [1.807, 2.05) is 0 Å². The van der Waals surface area contributed by atoms with E-state index in [1.165, 1.54) is 6.42 Å². The molecule has 3 fully saturated rings. The Bertz CT molecular complexity index is 557. The van der Waals surface area contributed by atoms with E-state index in [0.717, 1.165) is 90.0 Å². The van der Waals surface area contributed by atoms with Crippen LogP contribution >= 0.6 is 7.37 Å². The van der Waals surface area contributed by atoms with Crippen LogP contribution in [-0.4, -0.2) is 71.2 Å². The number of aliphatic hydroxyl groups excluding tert-OH is 2. The van der Waals surface area contributed by atoms with Crippen molar-refractivity contribution in [2.75, 3.05) is 26.0 Å². The number of rotatable bonds is 12. The number of ether oxygens (including phenoxy) is 2. The predicted molar refractivity (Wildman–Crippen MR) is 126 cm³/mol. The molecule has 0 radical (unpaired) electrons. The first kappa shape index (κ1) is 26.6. The van der Waals surface area contributed by atoms with Crippen molar-refractivity contribution >= 4 is 7.37 Å². The van der Waals surface area contributed by atoms with Crippen LogP contribution in [0.15, 0.2) is 0 Å². The first-order chi connectivity index (χ1) is 15.4. The highest BCUT2D eigenvalue weighted by atomic mass is 31.2. The van der Waals surface area contributed by atoms with Gasteiger partial charge >= 0.3 is 0 Å². The van der Waals surface area contributed by atoms with Gasteiger partial charge in [-0.25, -0.2) is 0 Å². The van der Waals surface area contributed by atoms with Gasteiger partial charge < -0.3 is 29.9 Å². The van der Waals surface area contributed by atoms with Crippen LogP contribution < -0.4 is 5.32 Å². The third kappa shape index (κ3) is 9.32. The Balaban J connectivity index is 1.19. The van der Waals surface area contributed by atoms with Gasteiger partial charge in [0.25, 0.3) is 0 Å². The van der Waals surface area contributed by atoms with Gasteiger partial charge in [0.15, 0.2) is 0 Å². The molecule has 3 rings (SSSR count). The highest BCUT2D eigenvalue weighted by molar-refractivity contribution is 7.58. The lowest BCUT2D eigenvalue weighted by Gasteiger charge is -2.31. The first-order valence-electron chi connectivity index (χ1n) is 13.0. The zero-order chi connectivity index (χ0) is 22.8. The minimum Gasteiger partial charge on any atom is -0.393 e. The summed E-state index contributed by atoms with van der Waals surface area (Å²) in [6, 6.07) is 0. The normalized spacial score (nSPS) is 33.0. The van der Waals surface area contributed by atoms with Gasteiger partial charge in [-0.3, -0.25) is 4.57 Å². The van der Waals surface area contributed by atoms with Gasteiger partial charge in [0.1, 0.15) is 6.35 Å². The highest BCUT2D eigenvalue weighted by Crippen LogP contribution is 2.52. The Kier molecular flexibility index (Phi) is 11.4. The minimum atomic E-state index is -3.18. The van der Waals surface area contributed by atoms with Gasteiger partial charge in [-0.05, 0) is 83.1 Å². The molecular formula is C24H46NO6P. The summed E-state index contributed by atoms with van der Waals surface area (Å²) >= 11 is 0. The first-order valence-corrected chi connectivity index (χ1v) is 15.0. The van der Waals surface area contributed by atoms with Gasteiger partial charge in [0, 0.05) is 12.2 Å². The average Bonchev–Trinajstić information content (AvgIpc) is 2.81. The van der Waals surface area contributed by atoms with Crippen LogP contribution in [-0.2, 0) is 14.0 Å². The molecule has 0 aromatic heterocycles. The smallest absolute Gasteiger partial charge is 0.228 e. The summed E-state index contributed by atoms with van der Waals surface area (Å²) in [7, 11) is -3.18. The summed E-state index contributed by atoms with van der Waals surface area (Å²) < 4.78 is 24.3. The fraction of sp³-hybridized carbons (Fsp3) is 1.00. The molecular weight excluding hydrogens is 429 g/mol. The molecule has 3 aliphatic carbocycles. The molecule has 0 aliphatic heterocycles. The quantitative estimate of drug-likeness (QED) is 0.251. The monoisotopic (exact) mass is 475 g/mol. The second-order valence-electron chi connectivity index (χ2n) is 10.4. The van der Waals surface area contributed by atoms with Crippen LogP contribution in [0.4, 0.5) is 0 Å². The third-order valence-corrected chi connectivity index (χ3v) is 9.89. The molecule has 7 nitrogen and oxygen atoms in total. The summed E-state index contributed by atoms with van der Waals surface area (Å²) in [6.45, 7) is 1.78. The molecule has 4 N–H and O–H groups in total. The van der Waals surface area contributed by atoms with E-state index >= 15 is 0 Å². The molecule has 3 saturated carbocycles. The van der Waals surface area contributed by atoms with Crippen molar-refractivity contribution in [2.45, 2.75) is 120 Å². The number of hydrogen-bond donors (Lipinski definition) is 4. The summed E-state index contributed by atoms with van der Waals surface area (Å²) in [4.78, 5) is 10.4. The van der Waals surface area contributed by atoms with Crippen molar-refractivity contribution in [3.8, 4) is 0 Å². The molecule has 2 atom stereocenters. The minimum absolute atomic E-state index is 0.0377. The molecule has 0 heterocycles. The maximum atomic E-state index is 12.6. The second kappa shape index (κ2) is 13.8. The SMILES string of the molecule is O=P(O)(COC1CCC(CCNC[C@H](O)COC2CCC(O)CC2)CC1)C1CCCCC1. The fourth-order valence-electron chi connectivity index (χ4n) is 5.48. The van der Waals surface area contributed by atoms with E-state index < -0.39 is 13.5 Å². The topological polar surface area (TPSA) is 108 Å². The standard InChI is InChI=1S/C24H46NO6P/c26-20-8-12-22(13-9-20)30-17-21(27)16-25-15-14-19-6-10-23(11-7-19)31-18-32(28,29)24-4-2-1-3-5-24/h19-27H,1-18H2,(H,28,29)/t19?,20?,21-,22?,23?/m0/s1. The van der Waals surface area contributed by atoms with Gasteiger partial charge in [-0.2, -0.15) is 0 Å². The van der Waals surface area contributed by atoms with Gasteiger partial charge in [-0.1, -0.05) is 19.3 Å². The van der Waals surface area contributed by atoms with Crippen molar-refractivity contribution in [2.24, 2.45) is 5.92 Å². The van der Waals surface area contributed by atoms with Gasteiger partial charge in [0.2, 0.25) is 7.37 Å². The Morgan fingerprint density at radius 1 is 0.875 bits per heavy atom. The fourth-order valence-corrected chi connectivity index (χ4v) is 7.29. The molecule has 0 spiro atoms. The lowest BCUT2D eigenvalue weighted by Crippen LogP contribution is -2.34. The molecule has 0 saturated heterocycles. The van der Waals surface area contributed by atoms with E-state index in [-0.39, 0.29) is 30.3 Å². The Morgan fingerprint density at radius 3 is 2.19 bits per heavy atom. The summed E-state index contributed by atoms with van der Waals surface area (Å²) in [5, 5.41) is 23.0. The van der Waals surface area contributed by atoms with Crippen LogP contribution in [0.2, 0.25) is 0 Å². The van der Waals surface area contributed by atoms with Crippen molar-refractivity contribution in [1.82, 2.24) is 5.32 Å². The van der Waals surface area contributed by atoms with E-state index in [1.54, 1.807) is 0 Å². The number of nitrogens with one attached hydrogen (secondary N) is 1. The zero-order valence-electron chi connectivity index (χ0n) is 19.7. The molecule has 0 aromatic rings. The van der Waals surface area contributed by atoms with Crippen molar-refractivity contribution in [3.05, 3.63) is 0 Å². The Hall–Kier alpha value is -0.0100. The Morgan fingerprint density at radius 2 is 1.50 bits per heavy atom. The maximum absolute atomic E-state index is 12.6. The summed E-state index contributed by atoms with van der Waals surface area (Å²) in [6.07, 6.45) is 13.3. The van der Waals surface area contributed by atoms with Gasteiger partial charge in [0.05, 0.1) is 31.0 Å². The molecule has 188 valence electrons.